The fourth-order valence-corrected chi connectivity index (χ4v) is 2.33. The van der Waals surface area contributed by atoms with Gasteiger partial charge in [-0.2, -0.15) is 0 Å². The summed E-state index contributed by atoms with van der Waals surface area (Å²) in [5.74, 6) is 0.292. The number of likely N-dealkylation sites (N-methyl/N-ethyl adjacent to an activating group) is 1. The van der Waals surface area contributed by atoms with E-state index in [0.717, 1.165) is 4.47 Å². The summed E-state index contributed by atoms with van der Waals surface area (Å²) in [5.41, 5.74) is 0.455. The molecule has 1 heterocycles. The van der Waals surface area contributed by atoms with Crippen LogP contribution in [0.2, 0.25) is 0 Å². The monoisotopic (exact) mass is 381 g/mol. The number of aromatic nitrogens is 2. The zero-order chi connectivity index (χ0) is 16.8. The summed E-state index contributed by atoms with van der Waals surface area (Å²) in [6.45, 7) is 2.45. The number of nitro groups is 1. The normalized spacial score (nSPS) is 10.4. The molecule has 0 saturated carbocycles. The summed E-state index contributed by atoms with van der Waals surface area (Å²) in [6, 6.07) is 7.20. The lowest BCUT2D eigenvalue weighted by Gasteiger charge is -2.20. The lowest BCUT2D eigenvalue weighted by Crippen LogP contribution is -2.28. The minimum absolute atomic E-state index is 0.110. The quantitative estimate of drug-likeness (QED) is 0.560. The molecule has 0 bridgehead atoms. The van der Waals surface area contributed by atoms with E-state index in [1.54, 1.807) is 17.0 Å². The van der Waals surface area contributed by atoms with Crippen LogP contribution in [0.15, 0.2) is 35.1 Å². The number of hydrogen-bond acceptors (Lipinski definition) is 7. The van der Waals surface area contributed by atoms with E-state index in [0.29, 0.717) is 12.2 Å². The molecule has 2 N–H and O–H groups in total. The molecule has 9 heteroatoms. The SMILES string of the molecule is CCN(CCO)c1ncnc(Nc2ccc(Br)cc2)c1[N+](=O)[O-]. The topological polar surface area (TPSA) is 104 Å². The van der Waals surface area contributed by atoms with E-state index in [9.17, 15) is 10.1 Å². The van der Waals surface area contributed by atoms with E-state index in [2.05, 4.69) is 31.2 Å². The fraction of sp³-hybridized carbons (Fsp3) is 0.286. The molecule has 0 atom stereocenters. The van der Waals surface area contributed by atoms with Gasteiger partial charge in [-0.05, 0) is 31.2 Å². The Labute approximate surface area is 141 Å². The van der Waals surface area contributed by atoms with Gasteiger partial charge in [0, 0.05) is 23.2 Å². The molecule has 0 amide bonds. The molecule has 2 rings (SSSR count). The van der Waals surface area contributed by atoms with Gasteiger partial charge in [0.2, 0.25) is 11.6 Å². The second-order valence-corrected chi connectivity index (χ2v) is 5.50. The first-order valence-electron chi connectivity index (χ1n) is 6.94. The Morgan fingerprint density at radius 3 is 2.61 bits per heavy atom. The molecular weight excluding hydrogens is 366 g/mol. The Kier molecular flexibility index (Phi) is 5.83. The van der Waals surface area contributed by atoms with Gasteiger partial charge in [-0.15, -0.1) is 0 Å². The van der Waals surface area contributed by atoms with Crippen molar-refractivity contribution in [1.29, 1.82) is 0 Å². The lowest BCUT2D eigenvalue weighted by molar-refractivity contribution is -0.383. The first kappa shape index (κ1) is 17.1. The average molecular weight is 382 g/mol. The van der Waals surface area contributed by atoms with Crippen LogP contribution in [0.3, 0.4) is 0 Å². The van der Waals surface area contributed by atoms with E-state index in [1.807, 2.05) is 19.1 Å². The van der Waals surface area contributed by atoms with Gasteiger partial charge in [0.05, 0.1) is 11.5 Å². The maximum Gasteiger partial charge on any atom is 0.353 e. The van der Waals surface area contributed by atoms with Crippen LogP contribution in [0.1, 0.15) is 6.92 Å². The van der Waals surface area contributed by atoms with E-state index in [1.165, 1.54) is 6.33 Å². The third kappa shape index (κ3) is 4.14. The van der Waals surface area contributed by atoms with Gasteiger partial charge in [-0.3, -0.25) is 10.1 Å². The second-order valence-electron chi connectivity index (χ2n) is 4.59. The number of aliphatic hydroxyl groups excluding tert-OH is 1. The van der Waals surface area contributed by atoms with Gasteiger partial charge in [-0.25, -0.2) is 9.97 Å². The van der Waals surface area contributed by atoms with Crippen molar-refractivity contribution in [2.24, 2.45) is 0 Å². The number of anilines is 3. The maximum atomic E-state index is 11.5. The highest BCUT2D eigenvalue weighted by molar-refractivity contribution is 9.10. The molecule has 2 aromatic rings. The van der Waals surface area contributed by atoms with Crippen molar-refractivity contribution < 1.29 is 10.0 Å². The molecule has 0 unspecified atom stereocenters. The Hall–Kier alpha value is -2.26. The minimum atomic E-state index is -0.517. The summed E-state index contributed by atoms with van der Waals surface area (Å²) in [6.07, 6.45) is 1.27. The Morgan fingerprint density at radius 2 is 2.04 bits per heavy atom. The predicted molar refractivity (Wildman–Crippen MR) is 91.1 cm³/mol. The van der Waals surface area contributed by atoms with Gasteiger partial charge < -0.3 is 15.3 Å². The number of rotatable bonds is 7. The molecule has 8 nitrogen and oxygen atoms in total. The summed E-state index contributed by atoms with van der Waals surface area (Å²) in [7, 11) is 0. The first-order chi connectivity index (χ1) is 11.1. The van der Waals surface area contributed by atoms with Gasteiger partial charge in [0.25, 0.3) is 0 Å². The summed E-state index contributed by atoms with van der Waals surface area (Å²) < 4.78 is 0.904. The zero-order valence-electron chi connectivity index (χ0n) is 12.4. The molecule has 122 valence electrons. The fourth-order valence-electron chi connectivity index (χ4n) is 2.06. The van der Waals surface area contributed by atoms with Crippen molar-refractivity contribution in [1.82, 2.24) is 9.97 Å². The molecular formula is C14H16BrN5O3. The number of nitrogens with zero attached hydrogens (tertiary/aromatic N) is 4. The molecule has 0 spiro atoms. The predicted octanol–water partition coefficient (Wildman–Crippen LogP) is 2.71. The van der Waals surface area contributed by atoms with Crippen LogP contribution in [0.25, 0.3) is 0 Å². The number of benzene rings is 1. The van der Waals surface area contributed by atoms with Gasteiger partial charge in [0.15, 0.2) is 0 Å². The van der Waals surface area contributed by atoms with Gasteiger partial charge >= 0.3 is 5.69 Å². The lowest BCUT2D eigenvalue weighted by atomic mass is 10.3. The van der Waals surface area contributed by atoms with Crippen LogP contribution < -0.4 is 10.2 Å². The van der Waals surface area contributed by atoms with E-state index < -0.39 is 4.92 Å². The maximum absolute atomic E-state index is 11.5. The van der Waals surface area contributed by atoms with Crippen LogP contribution in [-0.4, -0.2) is 39.7 Å². The molecule has 0 radical (unpaired) electrons. The Bertz CT molecular complexity index is 681. The third-order valence-corrected chi connectivity index (χ3v) is 3.67. The van der Waals surface area contributed by atoms with Crippen LogP contribution in [0, 0.1) is 10.1 Å². The van der Waals surface area contributed by atoms with Crippen molar-refractivity contribution in [3.05, 3.63) is 45.2 Å². The van der Waals surface area contributed by atoms with Crippen molar-refractivity contribution in [3.63, 3.8) is 0 Å². The van der Waals surface area contributed by atoms with Crippen molar-refractivity contribution in [2.45, 2.75) is 6.92 Å². The molecule has 1 aromatic heterocycles. The highest BCUT2D eigenvalue weighted by Crippen LogP contribution is 2.33. The van der Waals surface area contributed by atoms with Crippen molar-refractivity contribution in [3.8, 4) is 0 Å². The first-order valence-corrected chi connectivity index (χ1v) is 7.74. The minimum Gasteiger partial charge on any atom is -0.395 e. The largest absolute Gasteiger partial charge is 0.395 e. The zero-order valence-corrected chi connectivity index (χ0v) is 14.0. The van der Waals surface area contributed by atoms with Crippen molar-refractivity contribution in [2.75, 3.05) is 29.9 Å². The number of nitrogens with one attached hydrogen (secondary N) is 1. The van der Waals surface area contributed by atoms with E-state index >= 15 is 0 Å². The van der Waals surface area contributed by atoms with Crippen molar-refractivity contribution >= 4 is 38.9 Å². The van der Waals surface area contributed by atoms with Crippen LogP contribution >= 0.6 is 15.9 Å². The van der Waals surface area contributed by atoms with Crippen LogP contribution in [0.5, 0.6) is 0 Å². The average Bonchev–Trinajstić information content (AvgIpc) is 2.54. The molecule has 0 aliphatic carbocycles. The Morgan fingerprint density at radius 1 is 1.35 bits per heavy atom. The molecule has 23 heavy (non-hydrogen) atoms. The highest BCUT2D eigenvalue weighted by Gasteiger charge is 2.26. The third-order valence-electron chi connectivity index (χ3n) is 3.14. The number of hydrogen-bond donors (Lipinski definition) is 2. The van der Waals surface area contributed by atoms with Crippen LogP contribution in [-0.2, 0) is 0 Å². The summed E-state index contributed by atoms with van der Waals surface area (Å²) in [4.78, 5) is 20.6. The van der Waals surface area contributed by atoms with Crippen LogP contribution in [0.4, 0.5) is 23.0 Å². The summed E-state index contributed by atoms with van der Waals surface area (Å²) in [5, 5.41) is 23.6. The highest BCUT2D eigenvalue weighted by atomic mass is 79.9. The van der Waals surface area contributed by atoms with E-state index in [4.69, 9.17) is 5.11 Å². The smallest absolute Gasteiger partial charge is 0.353 e. The second kappa shape index (κ2) is 7.84. The summed E-state index contributed by atoms with van der Waals surface area (Å²) >= 11 is 3.33. The molecule has 0 aliphatic rings. The Balaban J connectivity index is 2.43. The number of halogens is 1. The molecule has 0 aliphatic heterocycles. The molecule has 0 saturated heterocycles. The molecule has 0 fully saturated rings. The van der Waals surface area contributed by atoms with Gasteiger partial charge in [-0.1, -0.05) is 15.9 Å². The van der Waals surface area contributed by atoms with Gasteiger partial charge in [0.1, 0.15) is 6.33 Å². The van der Waals surface area contributed by atoms with E-state index in [-0.39, 0.29) is 30.5 Å². The standard InChI is InChI=1S/C14H16BrN5O3/c1-2-19(7-8-21)14-12(20(22)23)13(16-9-17-14)18-11-5-3-10(15)4-6-11/h3-6,9,21H,2,7-8H2,1H3,(H,16,17,18). The molecule has 1 aromatic carbocycles. The number of aliphatic hydroxyl groups is 1.